The number of amides is 2. The molecular weight excluding hydrogens is 581 g/mol. The molecule has 228 valence electrons. The van der Waals surface area contributed by atoms with Crippen molar-refractivity contribution in [2.75, 3.05) is 44.7 Å². The topological polar surface area (TPSA) is 108 Å². The molecule has 0 unspecified atom stereocenters. The zero-order chi connectivity index (χ0) is 30.7. The van der Waals surface area contributed by atoms with E-state index in [0.717, 1.165) is 5.56 Å². The second-order valence-corrected chi connectivity index (χ2v) is 10.5. The van der Waals surface area contributed by atoms with Crippen LogP contribution in [0.15, 0.2) is 109 Å². The monoisotopic (exact) mass is 617 g/mol. The molecule has 1 fully saturated rings. The van der Waals surface area contributed by atoms with E-state index in [4.69, 9.17) is 9.47 Å². The van der Waals surface area contributed by atoms with Crippen LogP contribution < -0.4 is 39.6 Å². The third-order valence-electron chi connectivity index (χ3n) is 7.47. The summed E-state index contributed by atoms with van der Waals surface area (Å²) in [5.74, 6) is -1.59. The predicted octanol–water partition coefficient (Wildman–Crippen LogP) is 1.97. The molecule has 1 heterocycles. The molecule has 0 saturated carbocycles. The van der Waals surface area contributed by atoms with Gasteiger partial charge in [0.1, 0.15) is 25.6 Å². The summed E-state index contributed by atoms with van der Waals surface area (Å²) in [6.07, 6.45) is 0. The first-order valence-electron chi connectivity index (χ1n) is 14.5. The second kappa shape index (κ2) is 16.9. The molecule has 45 heavy (non-hydrogen) atoms. The van der Waals surface area contributed by atoms with E-state index in [0.29, 0.717) is 31.9 Å². The number of piperazine rings is 1. The molecule has 2 N–H and O–H groups in total. The minimum absolute atomic E-state index is 0. The van der Waals surface area contributed by atoms with Crippen LogP contribution in [0.1, 0.15) is 34.5 Å². The van der Waals surface area contributed by atoms with Gasteiger partial charge in [0.15, 0.2) is 0 Å². The Morgan fingerprint density at radius 1 is 0.778 bits per heavy atom. The van der Waals surface area contributed by atoms with Gasteiger partial charge in [-0.1, -0.05) is 91.0 Å². The number of carboxylic acids is 1. The van der Waals surface area contributed by atoms with Gasteiger partial charge in [-0.05, 0) is 34.9 Å². The number of nitrogens with zero attached hydrogens (tertiary/aromatic N) is 2. The Bertz CT molecular complexity index is 1520. The van der Waals surface area contributed by atoms with Crippen molar-refractivity contribution in [3.63, 3.8) is 0 Å². The number of hydrogen-bond acceptors (Lipinski definition) is 6. The number of rotatable bonds is 12. The number of carbonyl (C=O) groups is 3. The average molecular weight is 618 g/mol. The van der Waals surface area contributed by atoms with Crippen LogP contribution >= 0.6 is 0 Å². The Morgan fingerprint density at radius 3 is 1.93 bits per heavy atom. The number of anilines is 1. The van der Waals surface area contributed by atoms with Crippen LogP contribution in [-0.2, 0) is 20.9 Å². The summed E-state index contributed by atoms with van der Waals surface area (Å²) >= 11 is 0. The molecule has 10 heteroatoms. The summed E-state index contributed by atoms with van der Waals surface area (Å²) in [7, 11) is 0. The van der Waals surface area contributed by atoms with Gasteiger partial charge in [-0.25, -0.2) is 4.79 Å². The summed E-state index contributed by atoms with van der Waals surface area (Å²) in [6, 6.07) is 34.7. The molecule has 0 aliphatic carbocycles. The van der Waals surface area contributed by atoms with Gasteiger partial charge in [0.2, 0.25) is 11.8 Å². The van der Waals surface area contributed by atoms with Crippen LogP contribution in [0, 0.1) is 0 Å². The number of nitrogens with one attached hydrogen (secondary N) is 1. The van der Waals surface area contributed by atoms with Gasteiger partial charge < -0.3 is 26.2 Å². The zero-order valence-corrected chi connectivity index (χ0v) is 27.3. The SMILES string of the molecule is O=C(COCC(=O)N1CCN(C(c2ccccc2)c2ccccc2)CC1)Nc1ccc(OCc2ccccc2)cc1C(=O)O.[H-].[Na+]. The quantitative estimate of drug-likeness (QED) is 0.234. The van der Waals surface area contributed by atoms with Crippen LogP contribution in [0.2, 0.25) is 0 Å². The Balaban J connectivity index is 0.00000288. The molecule has 4 aromatic carbocycles. The van der Waals surface area contributed by atoms with Gasteiger partial charge in [-0.15, -0.1) is 0 Å². The smallest absolute Gasteiger partial charge is 1.00 e. The molecule has 5 rings (SSSR count). The number of ether oxygens (including phenoxy) is 2. The van der Waals surface area contributed by atoms with E-state index in [1.54, 1.807) is 11.0 Å². The number of carbonyl (C=O) groups excluding carboxylic acids is 2. The minimum Gasteiger partial charge on any atom is -1.00 e. The predicted molar refractivity (Wildman–Crippen MR) is 168 cm³/mol. The fraction of sp³-hybridized carbons (Fsp3) is 0.229. The van der Waals surface area contributed by atoms with Gasteiger partial charge in [0, 0.05) is 26.2 Å². The van der Waals surface area contributed by atoms with Crippen LogP contribution in [-0.4, -0.2) is 72.1 Å². The fourth-order valence-electron chi connectivity index (χ4n) is 5.26. The summed E-state index contributed by atoms with van der Waals surface area (Å²) in [5.41, 5.74) is 3.36. The Kier molecular flexibility index (Phi) is 12.7. The maximum absolute atomic E-state index is 12.9. The van der Waals surface area contributed by atoms with Crippen molar-refractivity contribution in [1.82, 2.24) is 9.80 Å². The molecule has 0 aromatic heterocycles. The van der Waals surface area contributed by atoms with Gasteiger partial charge in [0.25, 0.3) is 0 Å². The number of aromatic carboxylic acids is 1. The summed E-state index contributed by atoms with van der Waals surface area (Å²) in [5, 5.41) is 12.2. The zero-order valence-electron chi connectivity index (χ0n) is 26.3. The van der Waals surface area contributed by atoms with Crippen LogP contribution in [0.25, 0.3) is 0 Å². The fourth-order valence-corrected chi connectivity index (χ4v) is 5.26. The van der Waals surface area contributed by atoms with Gasteiger partial charge in [0.05, 0.1) is 17.3 Å². The summed E-state index contributed by atoms with van der Waals surface area (Å²) in [6.45, 7) is 2.14. The average Bonchev–Trinajstić information content (AvgIpc) is 3.06. The standard InChI is InChI=1S/C35H35N3O6.Na.H/c39-32(36-31-17-16-29(22-30(31)35(41)42)44-23-26-10-4-1-5-11-26)24-43-25-33(40)37-18-20-38(21-19-37)34(27-12-6-2-7-13-27)28-14-8-3-9-15-28;;/h1-17,22,34H,18-21,23-25H2,(H,36,39)(H,41,42);;/q;+1;-1. The van der Waals surface area contributed by atoms with Crippen molar-refractivity contribution in [3.8, 4) is 5.75 Å². The molecule has 0 bridgehead atoms. The van der Waals surface area contributed by atoms with Crippen molar-refractivity contribution in [2.45, 2.75) is 12.6 Å². The molecule has 0 spiro atoms. The van der Waals surface area contributed by atoms with E-state index >= 15 is 0 Å². The number of hydrogen-bond donors (Lipinski definition) is 2. The van der Waals surface area contributed by atoms with Crippen LogP contribution in [0.3, 0.4) is 0 Å². The Hall–Kier alpha value is -3.99. The van der Waals surface area contributed by atoms with Crippen molar-refractivity contribution in [2.24, 2.45) is 0 Å². The van der Waals surface area contributed by atoms with E-state index in [2.05, 4.69) is 34.5 Å². The van der Waals surface area contributed by atoms with E-state index in [9.17, 15) is 19.5 Å². The molecule has 4 aromatic rings. The maximum Gasteiger partial charge on any atom is 1.00 e. The van der Waals surface area contributed by atoms with Crippen molar-refractivity contribution in [3.05, 3.63) is 131 Å². The van der Waals surface area contributed by atoms with Crippen molar-refractivity contribution in [1.29, 1.82) is 0 Å². The van der Waals surface area contributed by atoms with E-state index in [1.807, 2.05) is 66.7 Å². The summed E-state index contributed by atoms with van der Waals surface area (Å²) in [4.78, 5) is 41.4. The molecule has 1 saturated heterocycles. The second-order valence-electron chi connectivity index (χ2n) is 10.5. The van der Waals surface area contributed by atoms with Gasteiger partial charge >= 0.3 is 35.5 Å². The number of carboxylic acid groups (broad SMARTS) is 1. The van der Waals surface area contributed by atoms with Crippen LogP contribution in [0.5, 0.6) is 5.75 Å². The van der Waals surface area contributed by atoms with Crippen molar-refractivity contribution < 1.29 is 59.9 Å². The molecule has 0 atom stereocenters. The van der Waals surface area contributed by atoms with E-state index in [-0.39, 0.29) is 74.0 Å². The summed E-state index contributed by atoms with van der Waals surface area (Å²) < 4.78 is 11.1. The maximum atomic E-state index is 12.9. The molecular formula is C35H36N3NaO6. The molecule has 2 amide bonds. The van der Waals surface area contributed by atoms with Crippen LogP contribution in [0.4, 0.5) is 5.69 Å². The first kappa shape index (κ1) is 33.9. The first-order valence-corrected chi connectivity index (χ1v) is 14.5. The third kappa shape index (κ3) is 9.50. The third-order valence-corrected chi connectivity index (χ3v) is 7.47. The first-order chi connectivity index (χ1) is 21.5. The minimum atomic E-state index is -1.21. The number of benzene rings is 4. The molecule has 0 radical (unpaired) electrons. The Morgan fingerprint density at radius 2 is 1.36 bits per heavy atom. The normalized spacial score (nSPS) is 13.1. The molecule has 9 nitrogen and oxygen atoms in total. The molecule has 1 aliphatic heterocycles. The Labute approximate surface area is 286 Å². The van der Waals surface area contributed by atoms with Gasteiger partial charge in [-0.2, -0.15) is 0 Å². The van der Waals surface area contributed by atoms with Gasteiger partial charge in [-0.3, -0.25) is 14.5 Å². The molecule has 1 aliphatic rings. The van der Waals surface area contributed by atoms with E-state index in [1.165, 1.54) is 23.3 Å². The van der Waals surface area contributed by atoms with Crippen molar-refractivity contribution >= 4 is 23.5 Å². The largest absolute Gasteiger partial charge is 1.00 e. The van der Waals surface area contributed by atoms with E-state index < -0.39 is 11.9 Å².